The zero-order valence-corrected chi connectivity index (χ0v) is 21.0. The number of hydrogen-bond acceptors (Lipinski definition) is 4. The second-order valence-electron chi connectivity index (χ2n) is 8.24. The van der Waals surface area contributed by atoms with Crippen LogP contribution in [0.5, 0.6) is 11.5 Å². The van der Waals surface area contributed by atoms with Crippen molar-refractivity contribution >= 4 is 34.1 Å². The fourth-order valence-electron chi connectivity index (χ4n) is 4.11. The van der Waals surface area contributed by atoms with Gasteiger partial charge < -0.3 is 19.2 Å². The highest BCUT2D eigenvalue weighted by Crippen LogP contribution is 2.40. The molecule has 1 heterocycles. The van der Waals surface area contributed by atoms with Crippen LogP contribution in [0.15, 0.2) is 71.4 Å². The summed E-state index contributed by atoms with van der Waals surface area (Å²) in [4.78, 5) is 12.7. The van der Waals surface area contributed by atoms with Crippen LogP contribution in [0.2, 0.25) is 5.02 Å². The van der Waals surface area contributed by atoms with E-state index in [2.05, 4.69) is 5.32 Å². The normalized spacial score (nSPS) is 11.5. The zero-order valence-electron chi connectivity index (χ0n) is 20.3. The van der Waals surface area contributed by atoms with Gasteiger partial charge in [-0.05, 0) is 67.8 Å². The van der Waals surface area contributed by atoms with E-state index >= 15 is 0 Å². The van der Waals surface area contributed by atoms with Gasteiger partial charge in [0.15, 0.2) is 0 Å². The molecule has 180 valence electrons. The fraction of sp³-hybridized carbons (Fsp3) is 0.207. The maximum atomic E-state index is 12.7. The van der Waals surface area contributed by atoms with Gasteiger partial charge in [0, 0.05) is 39.7 Å². The van der Waals surface area contributed by atoms with Crippen LogP contribution in [-0.4, -0.2) is 19.6 Å². The Hall–Kier alpha value is -3.70. The van der Waals surface area contributed by atoms with Crippen molar-refractivity contribution < 1.29 is 18.7 Å². The molecule has 0 aliphatic rings. The predicted molar refractivity (Wildman–Crippen MR) is 141 cm³/mol. The molecular weight excluding hydrogens is 462 g/mol. The van der Waals surface area contributed by atoms with E-state index in [0.29, 0.717) is 23.9 Å². The first-order valence-electron chi connectivity index (χ1n) is 11.4. The number of rotatable bonds is 8. The van der Waals surface area contributed by atoms with Gasteiger partial charge in [-0.25, -0.2) is 0 Å². The summed E-state index contributed by atoms with van der Waals surface area (Å²) in [5, 5.41) is 4.55. The first-order valence-corrected chi connectivity index (χ1v) is 11.8. The van der Waals surface area contributed by atoms with Crippen molar-refractivity contribution in [3.8, 4) is 22.6 Å². The number of halogens is 1. The van der Waals surface area contributed by atoms with Crippen LogP contribution in [0, 0.1) is 6.92 Å². The molecule has 0 spiro atoms. The van der Waals surface area contributed by atoms with E-state index in [-0.39, 0.29) is 5.91 Å². The molecule has 3 aromatic carbocycles. The molecule has 1 amide bonds. The lowest BCUT2D eigenvalue weighted by atomic mass is 9.96. The molecular formula is C29H28ClNO4. The highest BCUT2D eigenvalue weighted by atomic mass is 35.5. The summed E-state index contributed by atoms with van der Waals surface area (Å²) in [5.74, 6) is 1.33. The van der Waals surface area contributed by atoms with Gasteiger partial charge >= 0.3 is 0 Å². The molecule has 4 aromatic rings. The molecule has 0 aliphatic heterocycles. The minimum atomic E-state index is -0.184. The van der Waals surface area contributed by atoms with Crippen molar-refractivity contribution in [3.05, 3.63) is 88.6 Å². The molecule has 1 aromatic heterocycles. The summed E-state index contributed by atoms with van der Waals surface area (Å²) in [6.07, 6.45) is 3.35. The average molecular weight is 490 g/mol. The number of aryl methyl sites for hydroxylation is 1. The highest BCUT2D eigenvalue weighted by Gasteiger charge is 2.19. The first kappa shape index (κ1) is 24.4. The van der Waals surface area contributed by atoms with Crippen LogP contribution in [0.25, 0.3) is 27.7 Å². The summed E-state index contributed by atoms with van der Waals surface area (Å²) in [6.45, 7) is 6.86. The maximum absolute atomic E-state index is 12.7. The highest BCUT2D eigenvalue weighted by molar-refractivity contribution is 6.30. The second kappa shape index (κ2) is 10.7. The number of hydrogen-bond donors (Lipinski definition) is 1. The van der Waals surface area contributed by atoms with Gasteiger partial charge in [-0.3, -0.25) is 4.79 Å². The van der Waals surface area contributed by atoms with Gasteiger partial charge in [0.05, 0.1) is 20.0 Å². The van der Waals surface area contributed by atoms with Gasteiger partial charge in [0.2, 0.25) is 5.91 Å². The van der Waals surface area contributed by atoms with Gasteiger partial charge in [-0.2, -0.15) is 0 Å². The number of amides is 1. The Morgan fingerprint density at radius 2 is 1.83 bits per heavy atom. The molecule has 4 rings (SSSR count). The molecule has 6 heteroatoms. The van der Waals surface area contributed by atoms with Gasteiger partial charge in [-0.1, -0.05) is 35.9 Å². The molecule has 0 saturated carbocycles. The molecule has 0 saturated heterocycles. The van der Waals surface area contributed by atoms with E-state index < -0.39 is 0 Å². The Kier molecular flexibility index (Phi) is 7.47. The third-order valence-corrected chi connectivity index (χ3v) is 6.13. The third-order valence-electron chi connectivity index (χ3n) is 5.88. The van der Waals surface area contributed by atoms with Crippen molar-refractivity contribution in [2.75, 3.05) is 13.7 Å². The van der Waals surface area contributed by atoms with Gasteiger partial charge in [0.1, 0.15) is 17.1 Å². The number of carbonyl (C=O) groups excluding carboxylic acids is 1. The van der Waals surface area contributed by atoms with E-state index in [1.165, 1.54) is 0 Å². The van der Waals surface area contributed by atoms with E-state index in [4.69, 9.17) is 25.5 Å². The smallest absolute Gasteiger partial charge is 0.244 e. The number of allylic oxidation sites excluding steroid dienone is 1. The van der Waals surface area contributed by atoms with Crippen molar-refractivity contribution in [1.29, 1.82) is 0 Å². The molecule has 0 atom stereocenters. The van der Waals surface area contributed by atoms with Crippen molar-refractivity contribution in [1.82, 2.24) is 5.32 Å². The molecule has 0 radical (unpaired) electrons. The summed E-state index contributed by atoms with van der Waals surface area (Å²) < 4.78 is 17.2. The van der Waals surface area contributed by atoms with E-state index in [0.717, 1.165) is 50.1 Å². The largest absolute Gasteiger partial charge is 0.496 e. The number of furan rings is 1. The molecule has 0 aliphatic carbocycles. The van der Waals surface area contributed by atoms with Gasteiger partial charge in [0.25, 0.3) is 0 Å². The molecule has 1 N–H and O–H groups in total. The van der Waals surface area contributed by atoms with Gasteiger partial charge in [-0.15, -0.1) is 0 Å². The first-order chi connectivity index (χ1) is 16.9. The molecule has 0 fully saturated rings. The van der Waals surface area contributed by atoms with E-state index in [1.54, 1.807) is 31.6 Å². The lowest BCUT2D eigenvalue weighted by molar-refractivity contribution is -0.116. The minimum Gasteiger partial charge on any atom is -0.496 e. The molecule has 0 bridgehead atoms. The van der Waals surface area contributed by atoms with Crippen LogP contribution >= 0.6 is 11.6 Å². The van der Waals surface area contributed by atoms with Crippen LogP contribution in [0.1, 0.15) is 30.5 Å². The maximum Gasteiger partial charge on any atom is 0.244 e. The SMILES string of the molecule is CCOc1ccc(-c2coc3c(C)c(OC)c(/C(C)=C/C(=O)NCc4ccc(Cl)cc4)cc23)cc1. The predicted octanol–water partition coefficient (Wildman–Crippen LogP) is 7.19. The molecule has 5 nitrogen and oxygen atoms in total. The standard InChI is InChI=1S/C29H28ClNO4/c1-5-34-23-12-8-21(9-13-23)26-17-35-29-19(3)28(33-4)24(15-25(26)29)18(2)14-27(32)31-16-20-6-10-22(30)11-7-20/h6-15,17H,5,16H2,1-4H3,(H,31,32)/b18-14+. The Balaban J connectivity index is 1.65. The van der Waals surface area contributed by atoms with Crippen LogP contribution in [0.3, 0.4) is 0 Å². The second-order valence-corrected chi connectivity index (χ2v) is 8.67. The summed E-state index contributed by atoms with van der Waals surface area (Å²) in [7, 11) is 1.63. The van der Waals surface area contributed by atoms with Crippen molar-refractivity contribution in [2.24, 2.45) is 0 Å². The van der Waals surface area contributed by atoms with Crippen molar-refractivity contribution in [3.63, 3.8) is 0 Å². The Labute approximate surface area is 210 Å². The number of carbonyl (C=O) groups is 1. The minimum absolute atomic E-state index is 0.184. The van der Waals surface area contributed by atoms with Crippen LogP contribution < -0.4 is 14.8 Å². The van der Waals surface area contributed by atoms with E-state index in [9.17, 15) is 4.79 Å². The fourth-order valence-corrected chi connectivity index (χ4v) is 4.24. The third kappa shape index (κ3) is 5.36. The quantitative estimate of drug-likeness (QED) is 0.266. The number of ether oxygens (including phenoxy) is 2. The zero-order chi connectivity index (χ0) is 24.9. The Bertz CT molecular complexity index is 1370. The average Bonchev–Trinajstić information content (AvgIpc) is 3.28. The Morgan fingerprint density at radius 1 is 1.11 bits per heavy atom. The lowest BCUT2D eigenvalue weighted by Gasteiger charge is -2.13. The van der Waals surface area contributed by atoms with Crippen molar-refractivity contribution in [2.45, 2.75) is 27.3 Å². The number of nitrogens with one attached hydrogen (secondary N) is 1. The number of fused-ring (bicyclic) bond motifs is 1. The van der Waals surface area contributed by atoms with Crippen LogP contribution in [-0.2, 0) is 11.3 Å². The number of benzene rings is 3. The number of methoxy groups -OCH3 is 1. The Morgan fingerprint density at radius 3 is 2.49 bits per heavy atom. The topological polar surface area (TPSA) is 60.7 Å². The summed E-state index contributed by atoms with van der Waals surface area (Å²) in [6, 6.07) is 17.3. The molecule has 0 unspecified atom stereocenters. The lowest BCUT2D eigenvalue weighted by Crippen LogP contribution is -2.20. The van der Waals surface area contributed by atoms with E-state index in [1.807, 2.05) is 63.2 Å². The summed E-state index contributed by atoms with van der Waals surface area (Å²) in [5.41, 5.74) is 6.23. The summed E-state index contributed by atoms with van der Waals surface area (Å²) >= 11 is 5.93. The molecule has 35 heavy (non-hydrogen) atoms. The van der Waals surface area contributed by atoms with Crippen LogP contribution in [0.4, 0.5) is 0 Å². The monoisotopic (exact) mass is 489 g/mol.